The molecule has 1 aromatic heterocycles. The minimum Gasteiger partial charge on any atom is -0.261 e. The first-order valence-corrected chi connectivity index (χ1v) is 5.59. The number of hydrogen-bond donors (Lipinski definition) is 0. The number of rotatable bonds is 2. The normalized spacial score (nSPS) is 28.9. The standard InChI is InChI=1S/C12H16ClN/c1-8-4-5-9(7-14-8)11-10(6-13)12(11,2)3/h4-5,7,10-11H,6H2,1-3H3. The van der Waals surface area contributed by atoms with Crippen molar-refractivity contribution < 1.29 is 0 Å². The van der Waals surface area contributed by atoms with Crippen LogP contribution < -0.4 is 0 Å². The van der Waals surface area contributed by atoms with Crippen molar-refractivity contribution in [3.8, 4) is 0 Å². The predicted molar refractivity (Wildman–Crippen MR) is 59.7 cm³/mol. The molecule has 1 saturated carbocycles. The molecule has 1 heterocycles. The molecule has 1 aromatic rings. The highest BCUT2D eigenvalue weighted by Gasteiger charge is 2.57. The molecule has 0 radical (unpaired) electrons. The van der Waals surface area contributed by atoms with Crippen LogP contribution in [0.4, 0.5) is 0 Å². The van der Waals surface area contributed by atoms with Crippen molar-refractivity contribution in [3.05, 3.63) is 29.6 Å². The number of pyridine rings is 1. The summed E-state index contributed by atoms with van der Waals surface area (Å²) in [6.45, 7) is 6.58. The third kappa shape index (κ3) is 1.44. The van der Waals surface area contributed by atoms with Crippen molar-refractivity contribution in [2.45, 2.75) is 26.7 Å². The quantitative estimate of drug-likeness (QED) is 0.681. The van der Waals surface area contributed by atoms with E-state index >= 15 is 0 Å². The van der Waals surface area contributed by atoms with Crippen LogP contribution in [0.1, 0.15) is 31.0 Å². The average molecular weight is 210 g/mol. The van der Waals surface area contributed by atoms with E-state index in [9.17, 15) is 0 Å². The summed E-state index contributed by atoms with van der Waals surface area (Å²) in [5.41, 5.74) is 2.78. The fraction of sp³-hybridized carbons (Fsp3) is 0.583. The van der Waals surface area contributed by atoms with E-state index in [2.05, 4.69) is 31.0 Å². The fourth-order valence-electron chi connectivity index (χ4n) is 2.36. The first-order valence-electron chi connectivity index (χ1n) is 5.06. The van der Waals surface area contributed by atoms with Gasteiger partial charge in [-0.3, -0.25) is 4.98 Å². The van der Waals surface area contributed by atoms with E-state index in [4.69, 9.17) is 11.6 Å². The highest BCUT2D eigenvalue weighted by atomic mass is 35.5. The highest BCUT2D eigenvalue weighted by molar-refractivity contribution is 6.18. The second kappa shape index (κ2) is 3.23. The first-order chi connectivity index (χ1) is 6.57. The van der Waals surface area contributed by atoms with Gasteiger partial charge in [0, 0.05) is 17.8 Å². The number of aryl methyl sites for hydroxylation is 1. The maximum absolute atomic E-state index is 5.94. The van der Waals surface area contributed by atoms with E-state index in [0.717, 1.165) is 11.6 Å². The van der Waals surface area contributed by atoms with Crippen LogP contribution in [0.15, 0.2) is 18.3 Å². The Morgan fingerprint density at radius 2 is 2.14 bits per heavy atom. The van der Waals surface area contributed by atoms with E-state index in [1.54, 1.807) is 0 Å². The Kier molecular flexibility index (Phi) is 2.30. The molecule has 0 saturated heterocycles. The molecule has 0 bridgehead atoms. The maximum Gasteiger partial charge on any atom is 0.0372 e. The molecule has 2 unspecified atom stereocenters. The SMILES string of the molecule is Cc1ccc(C2C(CCl)C2(C)C)cn1. The Balaban J connectivity index is 2.22. The number of hydrogen-bond acceptors (Lipinski definition) is 1. The van der Waals surface area contributed by atoms with Crippen LogP contribution in [0.25, 0.3) is 0 Å². The molecule has 0 amide bonds. The van der Waals surface area contributed by atoms with E-state index in [1.165, 1.54) is 5.56 Å². The van der Waals surface area contributed by atoms with E-state index < -0.39 is 0 Å². The zero-order valence-corrected chi connectivity index (χ0v) is 9.67. The molecule has 2 atom stereocenters. The van der Waals surface area contributed by atoms with Crippen LogP contribution in [-0.4, -0.2) is 10.9 Å². The topological polar surface area (TPSA) is 12.9 Å². The third-order valence-corrected chi connectivity index (χ3v) is 3.84. The van der Waals surface area contributed by atoms with Crippen LogP contribution in [-0.2, 0) is 0 Å². The first kappa shape index (κ1) is 9.97. The van der Waals surface area contributed by atoms with Crippen molar-refractivity contribution in [2.24, 2.45) is 11.3 Å². The monoisotopic (exact) mass is 209 g/mol. The lowest BCUT2D eigenvalue weighted by Crippen LogP contribution is -1.91. The number of alkyl halides is 1. The van der Waals surface area contributed by atoms with Gasteiger partial charge >= 0.3 is 0 Å². The Morgan fingerprint density at radius 3 is 2.57 bits per heavy atom. The van der Waals surface area contributed by atoms with Crippen LogP contribution in [0.2, 0.25) is 0 Å². The number of halogens is 1. The van der Waals surface area contributed by atoms with Crippen LogP contribution in [0, 0.1) is 18.3 Å². The average Bonchev–Trinajstić information content (AvgIpc) is 2.69. The molecular formula is C12H16ClN. The van der Waals surface area contributed by atoms with Gasteiger partial charge in [0.15, 0.2) is 0 Å². The van der Waals surface area contributed by atoms with E-state index in [1.807, 2.05) is 13.1 Å². The van der Waals surface area contributed by atoms with Crippen LogP contribution >= 0.6 is 11.6 Å². The second-order valence-electron chi connectivity index (χ2n) is 4.79. The summed E-state index contributed by atoms with van der Waals surface area (Å²) in [6, 6.07) is 4.26. The molecule has 2 heteroatoms. The van der Waals surface area contributed by atoms with Gasteiger partial charge in [-0.15, -0.1) is 11.6 Å². The van der Waals surface area contributed by atoms with Gasteiger partial charge < -0.3 is 0 Å². The van der Waals surface area contributed by atoms with Crippen molar-refractivity contribution >= 4 is 11.6 Å². The molecule has 1 aliphatic rings. The Labute approximate surface area is 90.5 Å². The van der Waals surface area contributed by atoms with Crippen molar-refractivity contribution in [1.29, 1.82) is 0 Å². The van der Waals surface area contributed by atoms with E-state index in [-0.39, 0.29) is 0 Å². The molecule has 0 aromatic carbocycles. The zero-order chi connectivity index (χ0) is 10.3. The van der Waals surface area contributed by atoms with Gasteiger partial charge in [-0.1, -0.05) is 19.9 Å². The molecule has 2 rings (SSSR count). The van der Waals surface area contributed by atoms with Gasteiger partial charge in [0.1, 0.15) is 0 Å². The Hall–Kier alpha value is -0.560. The molecule has 1 fully saturated rings. The van der Waals surface area contributed by atoms with Gasteiger partial charge in [0.25, 0.3) is 0 Å². The maximum atomic E-state index is 5.94. The van der Waals surface area contributed by atoms with Crippen molar-refractivity contribution in [3.63, 3.8) is 0 Å². The summed E-state index contributed by atoms with van der Waals surface area (Å²) in [5, 5.41) is 0. The summed E-state index contributed by atoms with van der Waals surface area (Å²) in [4.78, 5) is 4.33. The predicted octanol–water partition coefficient (Wildman–Crippen LogP) is 3.37. The lowest BCUT2D eigenvalue weighted by atomic mass is 10.0. The largest absolute Gasteiger partial charge is 0.261 e. The smallest absolute Gasteiger partial charge is 0.0372 e. The second-order valence-corrected chi connectivity index (χ2v) is 5.10. The molecular weight excluding hydrogens is 194 g/mol. The number of nitrogens with zero attached hydrogens (tertiary/aromatic N) is 1. The molecule has 0 N–H and O–H groups in total. The zero-order valence-electron chi connectivity index (χ0n) is 8.92. The molecule has 0 aliphatic heterocycles. The lowest BCUT2D eigenvalue weighted by Gasteiger charge is -2.02. The Morgan fingerprint density at radius 1 is 1.43 bits per heavy atom. The lowest BCUT2D eigenvalue weighted by molar-refractivity contribution is 0.577. The molecule has 1 nitrogen and oxygen atoms in total. The van der Waals surface area contributed by atoms with Gasteiger partial charge in [-0.05, 0) is 35.8 Å². The molecule has 14 heavy (non-hydrogen) atoms. The van der Waals surface area contributed by atoms with Crippen molar-refractivity contribution in [1.82, 2.24) is 4.98 Å². The fourth-order valence-corrected chi connectivity index (χ4v) is 2.93. The minimum atomic E-state index is 0.360. The summed E-state index contributed by atoms with van der Waals surface area (Å²) in [7, 11) is 0. The van der Waals surface area contributed by atoms with Gasteiger partial charge in [-0.2, -0.15) is 0 Å². The summed E-state index contributed by atoms with van der Waals surface area (Å²) in [6.07, 6.45) is 1.99. The molecule has 0 spiro atoms. The van der Waals surface area contributed by atoms with Crippen molar-refractivity contribution in [2.75, 3.05) is 5.88 Å². The molecule has 1 aliphatic carbocycles. The highest BCUT2D eigenvalue weighted by Crippen LogP contribution is 2.64. The number of aromatic nitrogens is 1. The Bertz CT molecular complexity index is 329. The summed E-state index contributed by atoms with van der Waals surface area (Å²) in [5.74, 6) is 1.98. The molecule has 76 valence electrons. The van der Waals surface area contributed by atoms with Gasteiger partial charge in [0.05, 0.1) is 0 Å². The van der Waals surface area contributed by atoms with Crippen LogP contribution in [0.5, 0.6) is 0 Å². The van der Waals surface area contributed by atoms with Crippen LogP contribution in [0.3, 0.4) is 0 Å². The van der Waals surface area contributed by atoms with Gasteiger partial charge in [-0.25, -0.2) is 0 Å². The third-order valence-electron chi connectivity index (χ3n) is 3.51. The summed E-state index contributed by atoms with van der Waals surface area (Å²) >= 11 is 5.94. The van der Waals surface area contributed by atoms with Gasteiger partial charge in [0.2, 0.25) is 0 Å². The summed E-state index contributed by atoms with van der Waals surface area (Å²) < 4.78 is 0. The van der Waals surface area contributed by atoms with E-state index in [0.29, 0.717) is 17.3 Å². The minimum absolute atomic E-state index is 0.360.